The molecule has 1 aromatic rings. The third-order valence-electron chi connectivity index (χ3n) is 3.03. The van der Waals surface area contributed by atoms with E-state index in [-0.39, 0.29) is 5.97 Å². The third-order valence-corrected chi connectivity index (χ3v) is 3.03. The van der Waals surface area contributed by atoms with Crippen LogP contribution in [0.1, 0.15) is 36.2 Å². The van der Waals surface area contributed by atoms with Crippen molar-refractivity contribution >= 4 is 18.0 Å². The average molecular weight is 290 g/mol. The first-order valence-corrected chi connectivity index (χ1v) is 6.98. The van der Waals surface area contributed by atoms with E-state index in [1.165, 1.54) is 0 Å². The van der Waals surface area contributed by atoms with Crippen LogP contribution in [0.2, 0.25) is 0 Å². The lowest BCUT2D eigenvalue weighted by Gasteiger charge is -2.11. The van der Waals surface area contributed by atoms with E-state index in [0.29, 0.717) is 48.7 Å². The molecule has 0 bridgehead atoms. The summed E-state index contributed by atoms with van der Waals surface area (Å²) in [6.45, 7) is 4.45. The van der Waals surface area contributed by atoms with Gasteiger partial charge in [0, 0.05) is 17.6 Å². The Balaban J connectivity index is 2.38. The van der Waals surface area contributed by atoms with Crippen LogP contribution in [0.15, 0.2) is 23.8 Å². The molecule has 0 aromatic heterocycles. The number of hydrogen-bond acceptors (Lipinski definition) is 5. The molecule has 0 amide bonds. The quantitative estimate of drug-likeness (QED) is 0.798. The SMILES string of the molecule is CCOC(=O)C1=Cc2cccc(C(=O)OCC)c2OCC1. The molecule has 0 spiro atoms. The van der Waals surface area contributed by atoms with E-state index in [0.717, 1.165) is 0 Å². The Bertz CT molecular complexity index is 574. The van der Waals surface area contributed by atoms with Crippen molar-refractivity contribution in [2.45, 2.75) is 20.3 Å². The summed E-state index contributed by atoms with van der Waals surface area (Å²) >= 11 is 0. The number of esters is 2. The molecule has 0 saturated heterocycles. The summed E-state index contributed by atoms with van der Waals surface area (Å²) in [4.78, 5) is 23.8. The molecule has 0 saturated carbocycles. The molecule has 0 fully saturated rings. The van der Waals surface area contributed by atoms with E-state index in [4.69, 9.17) is 14.2 Å². The fraction of sp³-hybridized carbons (Fsp3) is 0.375. The maximum atomic E-state index is 11.9. The maximum absolute atomic E-state index is 11.9. The second kappa shape index (κ2) is 6.92. The molecule has 1 aliphatic rings. The van der Waals surface area contributed by atoms with Gasteiger partial charge in [0.1, 0.15) is 11.3 Å². The minimum atomic E-state index is -0.428. The molecule has 0 atom stereocenters. The van der Waals surface area contributed by atoms with E-state index in [1.807, 2.05) is 0 Å². The molecule has 1 heterocycles. The molecular formula is C16H18O5. The van der Waals surface area contributed by atoms with Crippen molar-refractivity contribution in [2.75, 3.05) is 19.8 Å². The van der Waals surface area contributed by atoms with E-state index < -0.39 is 5.97 Å². The molecule has 5 nitrogen and oxygen atoms in total. The van der Waals surface area contributed by atoms with Crippen molar-refractivity contribution in [1.82, 2.24) is 0 Å². The van der Waals surface area contributed by atoms with Gasteiger partial charge in [0.15, 0.2) is 0 Å². The fourth-order valence-electron chi connectivity index (χ4n) is 2.11. The molecule has 1 aliphatic heterocycles. The van der Waals surface area contributed by atoms with Crippen LogP contribution in [0.4, 0.5) is 0 Å². The zero-order valence-corrected chi connectivity index (χ0v) is 12.2. The largest absolute Gasteiger partial charge is 0.492 e. The molecule has 0 radical (unpaired) electrons. The summed E-state index contributed by atoms with van der Waals surface area (Å²) in [5, 5.41) is 0. The number of benzene rings is 1. The summed E-state index contributed by atoms with van der Waals surface area (Å²) in [5.41, 5.74) is 1.59. The highest BCUT2D eigenvalue weighted by Gasteiger charge is 2.21. The predicted molar refractivity (Wildman–Crippen MR) is 77.1 cm³/mol. The van der Waals surface area contributed by atoms with Gasteiger partial charge >= 0.3 is 11.9 Å². The van der Waals surface area contributed by atoms with Gasteiger partial charge in [-0.1, -0.05) is 12.1 Å². The standard InChI is InChI=1S/C16H18O5/c1-3-19-15(17)12-8-9-21-14-11(10-12)6-5-7-13(14)16(18)20-4-2/h5-7,10H,3-4,8-9H2,1-2H3. The van der Waals surface area contributed by atoms with Gasteiger partial charge in [0.05, 0.1) is 19.8 Å². The van der Waals surface area contributed by atoms with Crippen LogP contribution in [0, 0.1) is 0 Å². The first-order valence-electron chi connectivity index (χ1n) is 6.98. The third kappa shape index (κ3) is 3.42. The summed E-state index contributed by atoms with van der Waals surface area (Å²) in [7, 11) is 0. The molecule has 0 aliphatic carbocycles. The Labute approximate surface area is 123 Å². The zero-order valence-electron chi connectivity index (χ0n) is 12.2. The number of fused-ring (bicyclic) bond motifs is 1. The first-order chi connectivity index (χ1) is 10.2. The van der Waals surface area contributed by atoms with Gasteiger partial charge in [0.2, 0.25) is 0 Å². The van der Waals surface area contributed by atoms with Gasteiger partial charge in [-0.2, -0.15) is 0 Å². The molecule has 0 unspecified atom stereocenters. The van der Waals surface area contributed by atoms with Crippen molar-refractivity contribution < 1.29 is 23.8 Å². The zero-order chi connectivity index (χ0) is 15.2. The Morgan fingerprint density at radius 3 is 2.57 bits per heavy atom. The van der Waals surface area contributed by atoms with Crippen LogP contribution in [0.3, 0.4) is 0 Å². The van der Waals surface area contributed by atoms with Gasteiger partial charge < -0.3 is 14.2 Å². The van der Waals surface area contributed by atoms with E-state index in [1.54, 1.807) is 38.1 Å². The normalized spacial score (nSPS) is 13.3. The highest BCUT2D eigenvalue weighted by atomic mass is 16.5. The summed E-state index contributed by atoms with van der Waals surface area (Å²) in [5.74, 6) is -0.326. The van der Waals surface area contributed by atoms with Crippen molar-refractivity contribution in [3.8, 4) is 5.75 Å². The van der Waals surface area contributed by atoms with Crippen molar-refractivity contribution in [3.63, 3.8) is 0 Å². The van der Waals surface area contributed by atoms with E-state index >= 15 is 0 Å². The Hall–Kier alpha value is -2.30. The lowest BCUT2D eigenvalue weighted by atomic mass is 10.1. The minimum Gasteiger partial charge on any atom is -0.492 e. The van der Waals surface area contributed by atoms with Crippen LogP contribution in [-0.4, -0.2) is 31.8 Å². The minimum absolute atomic E-state index is 0.298. The number of ether oxygens (including phenoxy) is 3. The number of carbonyl (C=O) groups is 2. The molecule has 5 heteroatoms. The second-order valence-electron chi connectivity index (χ2n) is 4.43. The molecule has 2 rings (SSSR count). The van der Waals surface area contributed by atoms with Crippen LogP contribution >= 0.6 is 0 Å². The van der Waals surface area contributed by atoms with Crippen molar-refractivity contribution in [2.24, 2.45) is 0 Å². The smallest absolute Gasteiger partial charge is 0.341 e. The summed E-state index contributed by atoms with van der Waals surface area (Å²) in [6.07, 6.45) is 2.15. The fourth-order valence-corrected chi connectivity index (χ4v) is 2.11. The summed E-state index contributed by atoms with van der Waals surface area (Å²) < 4.78 is 15.7. The maximum Gasteiger partial charge on any atom is 0.341 e. The number of carbonyl (C=O) groups excluding carboxylic acids is 2. The van der Waals surface area contributed by atoms with Crippen molar-refractivity contribution in [3.05, 3.63) is 34.9 Å². The number of hydrogen-bond donors (Lipinski definition) is 0. The lowest BCUT2D eigenvalue weighted by Crippen LogP contribution is -2.10. The van der Waals surface area contributed by atoms with Gasteiger partial charge in [0.25, 0.3) is 0 Å². The highest BCUT2D eigenvalue weighted by molar-refractivity contribution is 5.97. The molecule has 0 N–H and O–H groups in total. The Morgan fingerprint density at radius 2 is 1.86 bits per heavy atom. The molecule has 1 aromatic carbocycles. The van der Waals surface area contributed by atoms with Crippen molar-refractivity contribution in [1.29, 1.82) is 0 Å². The number of para-hydroxylation sites is 1. The first kappa shape index (κ1) is 15.1. The molecule has 21 heavy (non-hydrogen) atoms. The predicted octanol–water partition coefficient (Wildman–Crippen LogP) is 2.59. The Morgan fingerprint density at radius 1 is 1.14 bits per heavy atom. The average Bonchev–Trinajstić information content (AvgIpc) is 2.69. The van der Waals surface area contributed by atoms with Crippen LogP contribution in [0.25, 0.3) is 6.08 Å². The van der Waals surface area contributed by atoms with Crippen LogP contribution in [-0.2, 0) is 14.3 Å². The van der Waals surface area contributed by atoms with Gasteiger partial charge in [-0.05, 0) is 26.0 Å². The van der Waals surface area contributed by atoms with E-state index in [9.17, 15) is 9.59 Å². The highest BCUT2D eigenvalue weighted by Crippen LogP contribution is 2.30. The summed E-state index contributed by atoms with van der Waals surface area (Å²) in [6, 6.07) is 5.18. The molecular weight excluding hydrogens is 272 g/mol. The van der Waals surface area contributed by atoms with Gasteiger partial charge in [-0.3, -0.25) is 0 Å². The van der Waals surface area contributed by atoms with Crippen LogP contribution < -0.4 is 4.74 Å². The van der Waals surface area contributed by atoms with Gasteiger partial charge in [-0.25, -0.2) is 9.59 Å². The monoisotopic (exact) mass is 290 g/mol. The second-order valence-corrected chi connectivity index (χ2v) is 4.43. The number of rotatable bonds is 4. The Kier molecular flexibility index (Phi) is 4.98. The van der Waals surface area contributed by atoms with Crippen LogP contribution in [0.5, 0.6) is 5.75 Å². The lowest BCUT2D eigenvalue weighted by molar-refractivity contribution is -0.138. The van der Waals surface area contributed by atoms with E-state index in [2.05, 4.69) is 0 Å². The van der Waals surface area contributed by atoms with Gasteiger partial charge in [-0.15, -0.1) is 0 Å². The molecule has 112 valence electrons. The topological polar surface area (TPSA) is 61.8 Å².